The van der Waals surface area contributed by atoms with Crippen LogP contribution >= 0.6 is 22.6 Å². The monoisotopic (exact) mass is 386 g/mol. The maximum Gasteiger partial charge on any atom is 0.262 e. The van der Waals surface area contributed by atoms with E-state index in [9.17, 15) is 9.18 Å². The molecule has 0 saturated heterocycles. The Kier molecular flexibility index (Phi) is 4.78. The highest BCUT2D eigenvalue weighted by Crippen LogP contribution is 2.19. The molecule has 104 valence electrons. The van der Waals surface area contributed by atoms with Crippen LogP contribution in [0.1, 0.15) is 0 Å². The molecule has 1 amide bonds. The highest BCUT2D eigenvalue weighted by Gasteiger charge is 2.07. The fourth-order valence-electron chi connectivity index (χ4n) is 1.50. The van der Waals surface area contributed by atoms with Gasteiger partial charge in [0, 0.05) is 3.57 Å². The predicted octanol–water partition coefficient (Wildman–Crippen LogP) is 3.03. The Balaban J connectivity index is 1.92. The van der Waals surface area contributed by atoms with Crippen LogP contribution in [0.15, 0.2) is 42.5 Å². The number of carbonyl (C=O) groups excluding carboxylic acids is 1. The topological polar surface area (TPSA) is 64.3 Å². The average molecular weight is 386 g/mol. The van der Waals surface area contributed by atoms with Crippen LogP contribution < -0.4 is 15.8 Å². The highest BCUT2D eigenvalue weighted by molar-refractivity contribution is 14.1. The second-order valence-corrected chi connectivity index (χ2v) is 5.27. The molecule has 0 unspecified atom stereocenters. The molecule has 0 radical (unpaired) electrons. The number of nitrogens with two attached hydrogens (primary N) is 1. The van der Waals surface area contributed by atoms with Crippen molar-refractivity contribution in [2.24, 2.45) is 0 Å². The van der Waals surface area contributed by atoms with Crippen molar-refractivity contribution in [3.63, 3.8) is 0 Å². The first-order valence-corrected chi connectivity index (χ1v) is 6.86. The lowest BCUT2D eigenvalue weighted by molar-refractivity contribution is -0.118. The molecule has 2 aromatic carbocycles. The molecule has 0 atom stereocenters. The molecule has 2 rings (SSSR count). The van der Waals surface area contributed by atoms with E-state index in [-0.39, 0.29) is 12.3 Å². The standard InChI is InChI=1S/C14H12FIN2O2/c15-9-1-6-12(17)13(7-9)18-14(19)8-20-11-4-2-10(16)3-5-11/h1-7H,8,17H2,(H,18,19). The van der Waals surface area contributed by atoms with Gasteiger partial charge in [0.25, 0.3) is 5.91 Å². The summed E-state index contributed by atoms with van der Waals surface area (Å²) in [6.07, 6.45) is 0. The summed E-state index contributed by atoms with van der Waals surface area (Å²) in [4.78, 5) is 11.7. The van der Waals surface area contributed by atoms with Crippen molar-refractivity contribution in [3.8, 4) is 5.75 Å². The van der Waals surface area contributed by atoms with Crippen molar-refractivity contribution in [3.05, 3.63) is 51.9 Å². The lowest BCUT2D eigenvalue weighted by Gasteiger charge is -2.09. The Morgan fingerprint density at radius 2 is 1.95 bits per heavy atom. The second kappa shape index (κ2) is 6.56. The molecule has 0 aliphatic heterocycles. The number of nitrogens with one attached hydrogen (secondary N) is 1. The second-order valence-electron chi connectivity index (χ2n) is 4.02. The van der Waals surface area contributed by atoms with E-state index >= 15 is 0 Å². The molecule has 3 N–H and O–H groups in total. The SMILES string of the molecule is Nc1ccc(F)cc1NC(=O)COc1ccc(I)cc1. The summed E-state index contributed by atoms with van der Waals surface area (Å²) < 4.78 is 19.4. The van der Waals surface area contributed by atoms with Crippen molar-refractivity contribution in [2.45, 2.75) is 0 Å². The minimum absolute atomic E-state index is 0.170. The van der Waals surface area contributed by atoms with E-state index in [4.69, 9.17) is 10.5 Å². The number of hydrogen-bond acceptors (Lipinski definition) is 3. The Morgan fingerprint density at radius 3 is 2.65 bits per heavy atom. The fraction of sp³-hybridized carbons (Fsp3) is 0.0714. The minimum Gasteiger partial charge on any atom is -0.484 e. The van der Waals surface area contributed by atoms with Crippen LogP contribution in [0.25, 0.3) is 0 Å². The quantitative estimate of drug-likeness (QED) is 0.627. The van der Waals surface area contributed by atoms with Gasteiger partial charge in [-0.1, -0.05) is 0 Å². The van der Waals surface area contributed by atoms with Gasteiger partial charge in [-0.3, -0.25) is 4.79 Å². The summed E-state index contributed by atoms with van der Waals surface area (Å²) in [6, 6.07) is 11.1. The van der Waals surface area contributed by atoms with Crippen LogP contribution in [-0.2, 0) is 4.79 Å². The van der Waals surface area contributed by atoms with E-state index in [0.717, 1.165) is 9.64 Å². The van der Waals surface area contributed by atoms with Gasteiger partial charge in [-0.2, -0.15) is 0 Å². The number of halogens is 2. The first kappa shape index (κ1) is 14.6. The zero-order valence-corrected chi connectivity index (χ0v) is 12.6. The van der Waals surface area contributed by atoms with E-state index in [1.54, 1.807) is 12.1 Å². The third kappa shape index (κ3) is 4.09. The summed E-state index contributed by atoms with van der Waals surface area (Å²) >= 11 is 2.18. The van der Waals surface area contributed by atoms with E-state index in [1.165, 1.54) is 12.1 Å². The van der Waals surface area contributed by atoms with Gasteiger partial charge < -0.3 is 15.8 Å². The van der Waals surface area contributed by atoms with Gasteiger partial charge in [0.2, 0.25) is 0 Å². The molecule has 0 aliphatic rings. The number of ether oxygens (including phenoxy) is 1. The summed E-state index contributed by atoms with van der Waals surface area (Å²) in [5.74, 6) is -0.276. The van der Waals surface area contributed by atoms with Crippen LogP contribution in [0.4, 0.5) is 15.8 Å². The largest absolute Gasteiger partial charge is 0.484 e. The van der Waals surface area contributed by atoms with Gasteiger partial charge in [-0.25, -0.2) is 4.39 Å². The Bertz CT molecular complexity index is 617. The molecule has 0 heterocycles. The van der Waals surface area contributed by atoms with Crippen LogP contribution in [0.5, 0.6) is 5.75 Å². The highest BCUT2D eigenvalue weighted by atomic mass is 127. The molecular weight excluding hydrogens is 374 g/mol. The van der Waals surface area contributed by atoms with Gasteiger partial charge in [-0.05, 0) is 65.1 Å². The Labute approximate surface area is 129 Å². The van der Waals surface area contributed by atoms with Crippen molar-refractivity contribution in [2.75, 3.05) is 17.7 Å². The third-order valence-electron chi connectivity index (χ3n) is 2.47. The van der Waals surface area contributed by atoms with E-state index < -0.39 is 11.7 Å². The van der Waals surface area contributed by atoms with Crippen LogP contribution in [-0.4, -0.2) is 12.5 Å². The molecule has 0 bridgehead atoms. The van der Waals surface area contributed by atoms with Gasteiger partial charge >= 0.3 is 0 Å². The maximum atomic E-state index is 13.0. The number of carbonyl (C=O) groups is 1. The summed E-state index contributed by atoms with van der Waals surface area (Å²) in [5, 5.41) is 2.50. The zero-order chi connectivity index (χ0) is 14.5. The molecule has 0 saturated carbocycles. The van der Waals surface area contributed by atoms with Gasteiger partial charge in [0.05, 0.1) is 11.4 Å². The molecule has 2 aromatic rings. The first-order valence-electron chi connectivity index (χ1n) is 5.78. The smallest absolute Gasteiger partial charge is 0.262 e. The maximum absolute atomic E-state index is 13.0. The zero-order valence-electron chi connectivity index (χ0n) is 10.4. The first-order chi connectivity index (χ1) is 9.54. The van der Waals surface area contributed by atoms with Crippen molar-refractivity contribution in [1.82, 2.24) is 0 Å². The van der Waals surface area contributed by atoms with Crippen LogP contribution in [0.2, 0.25) is 0 Å². The number of rotatable bonds is 4. The average Bonchev–Trinajstić information content (AvgIpc) is 2.42. The lowest BCUT2D eigenvalue weighted by atomic mass is 10.2. The number of nitrogen functional groups attached to an aromatic ring is 1. The molecule has 4 nitrogen and oxygen atoms in total. The molecule has 0 fully saturated rings. The number of benzene rings is 2. The number of hydrogen-bond donors (Lipinski definition) is 2. The van der Waals surface area contributed by atoms with E-state index in [1.807, 2.05) is 12.1 Å². The molecule has 0 aliphatic carbocycles. The summed E-state index contributed by atoms with van der Waals surface area (Å²) in [7, 11) is 0. The van der Waals surface area contributed by atoms with Crippen molar-refractivity contribution in [1.29, 1.82) is 0 Å². The van der Waals surface area contributed by atoms with Crippen LogP contribution in [0, 0.1) is 9.39 Å². The normalized spacial score (nSPS) is 10.1. The molecule has 0 aromatic heterocycles. The fourth-order valence-corrected chi connectivity index (χ4v) is 1.86. The lowest BCUT2D eigenvalue weighted by Crippen LogP contribution is -2.20. The van der Waals surface area contributed by atoms with Gasteiger partial charge in [0.1, 0.15) is 11.6 Å². The van der Waals surface area contributed by atoms with Crippen molar-refractivity contribution < 1.29 is 13.9 Å². The third-order valence-corrected chi connectivity index (χ3v) is 3.19. The molecular formula is C14H12FIN2O2. The van der Waals surface area contributed by atoms with E-state index in [2.05, 4.69) is 27.9 Å². The molecule has 6 heteroatoms. The molecule has 20 heavy (non-hydrogen) atoms. The van der Waals surface area contributed by atoms with E-state index in [0.29, 0.717) is 11.4 Å². The Morgan fingerprint density at radius 1 is 1.25 bits per heavy atom. The minimum atomic E-state index is -0.465. The van der Waals surface area contributed by atoms with Gasteiger partial charge in [-0.15, -0.1) is 0 Å². The number of amides is 1. The van der Waals surface area contributed by atoms with Gasteiger partial charge in [0.15, 0.2) is 6.61 Å². The molecule has 0 spiro atoms. The van der Waals surface area contributed by atoms with Crippen molar-refractivity contribution >= 4 is 39.9 Å². The Hall–Kier alpha value is -1.83. The summed E-state index contributed by atoms with van der Waals surface area (Å²) in [5.41, 5.74) is 6.18. The van der Waals surface area contributed by atoms with Crippen LogP contribution in [0.3, 0.4) is 0 Å². The summed E-state index contributed by atoms with van der Waals surface area (Å²) in [6.45, 7) is -0.170. The number of anilines is 2. The predicted molar refractivity (Wildman–Crippen MR) is 84.1 cm³/mol.